The van der Waals surface area contributed by atoms with Crippen LogP contribution < -0.4 is 16.8 Å². The van der Waals surface area contributed by atoms with Gasteiger partial charge in [0.05, 0.1) is 6.42 Å². The van der Waals surface area contributed by atoms with Gasteiger partial charge in [0.2, 0.25) is 5.91 Å². The number of amides is 1. The van der Waals surface area contributed by atoms with Crippen molar-refractivity contribution in [2.75, 3.05) is 0 Å². The molecule has 0 spiro atoms. The highest BCUT2D eigenvalue weighted by Gasteiger charge is 2.11. The Labute approximate surface area is 117 Å². The fraction of sp³-hybridized carbons (Fsp3) is 0.286. The molecule has 0 aliphatic heterocycles. The molecule has 0 aliphatic carbocycles. The van der Waals surface area contributed by atoms with Crippen LogP contribution in [0.4, 0.5) is 0 Å². The molecule has 6 heteroatoms. The summed E-state index contributed by atoms with van der Waals surface area (Å²) in [4.78, 5) is 12.0. The van der Waals surface area contributed by atoms with Crippen LogP contribution in [-0.2, 0) is 31.0 Å². The van der Waals surface area contributed by atoms with Gasteiger partial charge >= 0.3 is 0 Å². The summed E-state index contributed by atoms with van der Waals surface area (Å²) in [6.07, 6.45) is 3.74. The molecule has 1 heterocycles. The van der Waals surface area contributed by atoms with Crippen molar-refractivity contribution in [3.05, 3.63) is 53.3 Å². The Hall–Kier alpha value is -2.18. The molecule has 5 N–H and O–H groups in total. The Kier molecular flexibility index (Phi) is 4.86. The van der Waals surface area contributed by atoms with E-state index in [1.54, 1.807) is 17.1 Å². The Bertz CT molecular complexity index is 543. The number of nitrogens with two attached hydrogens (primary N) is 2. The zero-order valence-corrected chi connectivity index (χ0v) is 11.2. The third-order valence-corrected chi connectivity index (χ3v) is 3.14. The third kappa shape index (κ3) is 3.43. The Morgan fingerprint density at radius 1 is 1.20 bits per heavy atom. The van der Waals surface area contributed by atoms with Gasteiger partial charge in [-0.3, -0.25) is 9.48 Å². The highest BCUT2D eigenvalue weighted by atomic mass is 16.1. The Balaban J connectivity index is 2.03. The number of hydrogen-bond donors (Lipinski definition) is 3. The predicted octanol–water partition coefficient (Wildman–Crippen LogP) is 0.117. The number of carbonyl (C=O) groups is 1. The van der Waals surface area contributed by atoms with E-state index in [0.29, 0.717) is 19.8 Å². The molecule has 0 aliphatic rings. The van der Waals surface area contributed by atoms with E-state index in [2.05, 4.69) is 10.4 Å². The number of carbonyl (C=O) groups excluding carboxylic acids is 1. The number of nitrogens with zero attached hydrogens (tertiary/aromatic N) is 2. The minimum atomic E-state index is -0.0731. The van der Waals surface area contributed by atoms with Gasteiger partial charge in [0.1, 0.15) is 6.67 Å². The zero-order valence-electron chi connectivity index (χ0n) is 11.2. The maximum atomic E-state index is 12.0. The first kappa shape index (κ1) is 14.2. The second-order valence-electron chi connectivity index (χ2n) is 4.44. The summed E-state index contributed by atoms with van der Waals surface area (Å²) in [7, 11) is 0. The zero-order chi connectivity index (χ0) is 14.4. The smallest absolute Gasteiger partial charge is 0.225 e. The van der Waals surface area contributed by atoms with Crippen LogP contribution in [-0.4, -0.2) is 15.7 Å². The standard InChI is InChI=1S/C14H19N5O/c15-8-11-3-1-4-12(9-16)13(11)7-14(20)17-10-19-6-2-5-18-19/h1-6H,7-10,15-16H2,(H,17,20). The minimum Gasteiger partial charge on any atom is -0.337 e. The molecular weight excluding hydrogens is 254 g/mol. The van der Waals surface area contributed by atoms with Gasteiger partial charge in [0.25, 0.3) is 0 Å². The van der Waals surface area contributed by atoms with E-state index >= 15 is 0 Å². The lowest BCUT2D eigenvalue weighted by atomic mass is 9.98. The molecule has 2 aromatic rings. The number of hydrogen-bond acceptors (Lipinski definition) is 4. The van der Waals surface area contributed by atoms with E-state index in [1.165, 1.54) is 0 Å². The van der Waals surface area contributed by atoms with Gasteiger partial charge in [-0.05, 0) is 22.8 Å². The molecule has 6 nitrogen and oxygen atoms in total. The van der Waals surface area contributed by atoms with Crippen molar-refractivity contribution in [3.8, 4) is 0 Å². The summed E-state index contributed by atoms with van der Waals surface area (Å²) in [5, 5.41) is 6.84. The first-order chi connectivity index (χ1) is 9.74. The molecule has 1 aromatic carbocycles. The monoisotopic (exact) mass is 273 g/mol. The van der Waals surface area contributed by atoms with Crippen molar-refractivity contribution in [2.45, 2.75) is 26.2 Å². The molecule has 0 bridgehead atoms. The lowest BCUT2D eigenvalue weighted by molar-refractivity contribution is -0.121. The largest absolute Gasteiger partial charge is 0.337 e. The van der Waals surface area contributed by atoms with Crippen LogP contribution in [0.5, 0.6) is 0 Å². The number of benzene rings is 1. The van der Waals surface area contributed by atoms with Crippen LogP contribution in [0.2, 0.25) is 0 Å². The molecule has 0 saturated carbocycles. The quantitative estimate of drug-likeness (QED) is 0.696. The van der Waals surface area contributed by atoms with Gasteiger partial charge in [-0.1, -0.05) is 18.2 Å². The van der Waals surface area contributed by atoms with E-state index in [4.69, 9.17) is 11.5 Å². The summed E-state index contributed by atoms with van der Waals surface area (Å²) < 4.78 is 1.65. The van der Waals surface area contributed by atoms with Crippen molar-refractivity contribution in [3.63, 3.8) is 0 Å². The predicted molar refractivity (Wildman–Crippen MR) is 76.3 cm³/mol. The Morgan fingerprint density at radius 2 is 1.90 bits per heavy atom. The molecule has 106 valence electrons. The van der Waals surface area contributed by atoms with E-state index in [-0.39, 0.29) is 12.3 Å². The molecule has 20 heavy (non-hydrogen) atoms. The fourth-order valence-corrected chi connectivity index (χ4v) is 2.08. The molecule has 0 saturated heterocycles. The third-order valence-electron chi connectivity index (χ3n) is 3.14. The van der Waals surface area contributed by atoms with Crippen LogP contribution in [0.1, 0.15) is 16.7 Å². The van der Waals surface area contributed by atoms with Crippen LogP contribution in [0.3, 0.4) is 0 Å². The van der Waals surface area contributed by atoms with Crippen molar-refractivity contribution in [1.82, 2.24) is 15.1 Å². The average Bonchev–Trinajstić information content (AvgIpc) is 2.98. The molecule has 0 atom stereocenters. The fourth-order valence-electron chi connectivity index (χ4n) is 2.08. The van der Waals surface area contributed by atoms with E-state index in [0.717, 1.165) is 16.7 Å². The van der Waals surface area contributed by atoms with Crippen molar-refractivity contribution >= 4 is 5.91 Å². The van der Waals surface area contributed by atoms with Crippen LogP contribution in [0.25, 0.3) is 0 Å². The average molecular weight is 273 g/mol. The second kappa shape index (κ2) is 6.83. The maximum absolute atomic E-state index is 12.0. The molecule has 1 aromatic heterocycles. The van der Waals surface area contributed by atoms with Gasteiger partial charge in [0.15, 0.2) is 0 Å². The summed E-state index contributed by atoms with van der Waals surface area (Å²) in [6, 6.07) is 7.57. The van der Waals surface area contributed by atoms with Crippen molar-refractivity contribution < 1.29 is 4.79 Å². The SMILES string of the molecule is NCc1cccc(CN)c1CC(=O)NCn1cccn1. The number of rotatable bonds is 6. The van der Waals surface area contributed by atoms with E-state index in [9.17, 15) is 4.79 Å². The first-order valence-electron chi connectivity index (χ1n) is 6.48. The van der Waals surface area contributed by atoms with Crippen LogP contribution >= 0.6 is 0 Å². The molecule has 0 unspecified atom stereocenters. The normalized spacial score (nSPS) is 10.5. The summed E-state index contributed by atoms with van der Waals surface area (Å²) in [5.41, 5.74) is 14.3. The van der Waals surface area contributed by atoms with E-state index < -0.39 is 0 Å². The lowest BCUT2D eigenvalue weighted by Crippen LogP contribution is -2.28. The van der Waals surface area contributed by atoms with Crippen LogP contribution in [0.15, 0.2) is 36.7 Å². The van der Waals surface area contributed by atoms with Crippen molar-refractivity contribution in [2.24, 2.45) is 11.5 Å². The summed E-state index contributed by atoms with van der Waals surface area (Å²) in [5.74, 6) is -0.0731. The van der Waals surface area contributed by atoms with E-state index in [1.807, 2.05) is 24.3 Å². The number of nitrogens with one attached hydrogen (secondary N) is 1. The van der Waals surface area contributed by atoms with Gasteiger partial charge in [-0.2, -0.15) is 5.10 Å². The van der Waals surface area contributed by atoms with Crippen LogP contribution in [0, 0.1) is 0 Å². The van der Waals surface area contributed by atoms with Gasteiger partial charge in [0, 0.05) is 25.5 Å². The Morgan fingerprint density at radius 3 is 2.45 bits per heavy atom. The summed E-state index contributed by atoms with van der Waals surface area (Å²) in [6.45, 7) is 1.15. The topological polar surface area (TPSA) is 99.0 Å². The lowest BCUT2D eigenvalue weighted by Gasteiger charge is -2.13. The number of aromatic nitrogens is 2. The van der Waals surface area contributed by atoms with Gasteiger partial charge in [-0.25, -0.2) is 0 Å². The molecule has 2 rings (SSSR count). The van der Waals surface area contributed by atoms with Crippen molar-refractivity contribution in [1.29, 1.82) is 0 Å². The molecular formula is C14H19N5O. The maximum Gasteiger partial charge on any atom is 0.225 e. The molecule has 1 amide bonds. The molecule has 0 radical (unpaired) electrons. The molecule has 0 fully saturated rings. The van der Waals surface area contributed by atoms with Gasteiger partial charge < -0.3 is 16.8 Å². The highest BCUT2D eigenvalue weighted by molar-refractivity contribution is 5.79. The summed E-state index contributed by atoms with van der Waals surface area (Å²) >= 11 is 0. The van der Waals surface area contributed by atoms with Gasteiger partial charge in [-0.15, -0.1) is 0 Å². The minimum absolute atomic E-state index is 0.0731. The first-order valence-corrected chi connectivity index (χ1v) is 6.48. The second-order valence-corrected chi connectivity index (χ2v) is 4.44. The highest BCUT2D eigenvalue weighted by Crippen LogP contribution is 2.15.